The lowest BCUT2D eigenvalue weighted by atomic mass is 10.1. The first-order valence-electron chi connectivity index (χ1n) is 12.6. The van der Waals surface area contributed by atoms with Gasteiger partial charge in [-0.3, -0.25) is 14.5 Å². The Balaban J connectivity index is 1.26. The zero-order valence-electron chi connectivity index (χ0n) is 21.4. The summed E-state index contributed by atoms with van der Waals surface area (Å²) in [6, 6.07) is 14.2. The van der Waals surface area contributed by atoms with E-state index in [1.165, 1.54) is 16.7 Å². The van der Waals surface area contributed by atoms with Gasteiger partial charge < -0.3 is 20.4 Å². The molecule has 8 nitrogen and oxygen atoms in total. The van der Waals surface area contributed by atoms with Crippen LogP contribution in [0.2, 0.25) is 0 Å². The van der Waals surface area contributed by atoms with Crippen LogP contribution in [0.15, 0.2) is 54.0 Å². The van der Waals surface area contributed by atoms with E-state index in [1.54, 1.807) is 16.2 Å². The van der Waals surface area contributed by atoms with Gasteiger partial charge in [0.25, 0.3) is 0 Å². The molecule has 2 aliphatic heterocycles. The summed E-state index contributed by atoms with van der Waals surface area (Å²) in [5.41, 5.74) is 6.64. The molecular formula is C28H32N4O4S2. The fourth-order valence-electron chi connectivity index (χ4n) is 5.30. The predicted molar refractivity (Wildman–Crippen MR) is 149 cm³/mol. The van der Waals surface area contributed by atoms with Crippen molar-refractivity contribution in [2.75, 3.05) is 18.6 Å². The van der Waals surface area contributed by atoms with Crippen molar-refractivity contribution in [1.29, 1.82) is 0 Å². The van der Waals surface area contributed by atoms with Gasteiger partial charge in [0, 0.05) is 31.8 Å². The molecule has 0 bridgehead atoms. The average Bonchev–Trinajstić information content (AvgIpc) is 3.63. The van der Waals surface area contributed by atoms with E-state index in [1.807, 2.05) is 67.2 Å². The Morgan fingerprint density at radius 3 is 2.63 bits per heavy atom. The van der Waals surface area contributed by atoms with E-state index >= 15 is 0 Å². The van der Waals surface area contributed by atoms with Crippen molar-refractivity contribution in [3.05, 3.63) is 76.4 Å². The number of aromatic nitrogens is 1. The van der Waals surface area contributed by atoms with Crippen LogP contribution in [0.3, 0.4) is 0 Å². The number of rotatable bonds is 8. The highest BCUT2D eigenvalue weighted by Crippen LogP contribution is 2.35. The van der Waals surface area contributed by atoms with Crippen LogP contribution in [-0.4, -0.2) is 73.6 Å². The van der Waals surface area contributed by atoms with E-state index in [-0.39, 0.29) is 24.8 Å². The lowest BCUT2D eigenvalue weighted by Gasteiger charge is -2.34. The maximum Gasteiger partial charge on any atom is 0.243 e. The molecule has 0 saturated carbocycles. The number of aryl methyl sites for hydroxylation is 1. The molecule has 10 heteroatoms. The first-order chi connectivity index (χ1) is 18.4. The SMILES string of the molecule is CSC[C@@H](C(=O)N1C[C@H](O)C[C@H]1C(=O)NCc1ccc(-c2scnc2C)cc1)N1Cc2ccccc2C1O. The van der Waals surface area contributed by atoms with E-state index in [0.29, 0.717) is 18.8 Å². The summed E-state index contributed by atoms with van der Waals surface area (Å²) in [7, 11) is 0. The monoisotopic (exact) mass is 552 g/mol. The highest BCUT2D eigenvalue weighted by atomic mass is 32.2. The first kappa shape index (κ1) is 26.8. The van der Waals surface area contributed by atoms with Crippen LogP contribution in [-0.2, 0) is 22.7 Å². The molecule has 0 radical (unpaired) electrons. The summed E-state index contributed by atoms with van der Waals surface area (Å²) >= 11 is 3.11. The quantitative estimate of drug-likeness (QED) is 0.395. The lowest BCUT2D eigenvalue weighted by Crippen LogP contribution is -2.54. The number of amides is 2. The Labute approximate surface area is 230 Å². The molecule has 200 valence electrons. The van der Waals surface area contributed by atoms with Crippen LogP contribution >= 0.6 is 23.1 Å². The standard InChI is InChI=1S/C28H32N4O4S2/c1-17-25(38-16-30-17)19-9-7-18(8-10-19)12-29-26(34)23-11-21(33)14-32(23)28(36)24(15-37-2)31-13-20-5-3-4-6-22(20)27(31)35/h3-10,16,21,23-24,27,33,35H,11-15H2,1-2H3,(H,29,34)/t21-,23+,24+,27?/m1/s1. The maximum absolute atomic E-state index is 13.8. The maximum atomic E-state index is 13.8. The Morgan fingerprint density at radius 1 is 1.18 bits per heavy atom. The topological polar surface area (TPSA) is 106 Å². The number of nitrogens with one attached hydrogen (secondary N) is 1. The number of hydrogen-bond donors (Lipinski definition) is 3. The number of thioether (sulfide) groups is 1. The Hall–Kier alpha value is -2.76. The molecule has 1 aromatic heterocycles. The van der Waals surface area contributed by atoms with Crippen LogP contribution < -0.4 is 5.32 Å². The Morgan fingerprint density at radius 2 is 1.95 bits per heavy atom. The molecule has 2 aliphatic rings. The van der Waals surface area contributed by atoms with Gasteiger partial charge in [-0.1, -0.05) is 48.5 Å². The zero-order valence-corrected chi connectivity index (χ0v) is 23.0. The minimum atomic E-state index is -0.885. The van der Waals surface area contributed by atoms with Gasteiger partial charge in [-0.25, -0.2) is 4.98 Å². The lowest BCUT2D eigenvalue weighted by molar-refractivity contribution is -0.145. The molecule has 1 unspecified atom stereocenters. The van der Waals surface area contributed by atoms with Crippen molar-refractivity contribution in [3.63, 3.8) is 0 Å². The second kappa shape index (κ2) is 11.5. The molecule has 0 spiro atoms. The van der Waals surface area contributed by atoms with Gasteiger partial charge in [-0.15, -0.1) is 11.3 Å². The molecule has 3 heterocycles. The second-order valence-corrected chi connectivity index (χ2v) is 11.6. The molecular weight excluding hydrogens is 520 g/mol. The summed E-state index contributed by atoms with van der Waals surface area (Å²) in [6.07, 6.45) is 0.451. The van der Waals surface area contributed by atoms with E-state index in [0.717, 1.165) is 32.8 Å². The van der Waals surface area contributed by atoms with E-state index in [4.69, 9.17) is 0 Å². The molecule has 4 atom stereocenters. The van der Waals surface area contributed by atoms with Crippen LogP contribution in [0, 0.1) is 6.92 Å². The minimum absolute atomic E-state index is 0.0988. The van der Waals surface area contributed by atoms with Crippen LogP contribution in [0.5, 0.6) is 0 Å². The molecule has 3 aromatic rings. The normalized spacial score (nSPS) is 21.9. The van der Waals surface area contributed by atoms with Crippen LogP contribution in [0.4, 0.5) is 0 Å². The Bertz CT molecular complexity index is 1300. The summed E-state index contributed by atoms with van der Waals surface area (Å²) in [4.78, 5) is 35.7. The van der Waals surface area contributed by atoms with Gasteiger partial charge in [0.05, 0.1) is 22.2 Å². The molecule has 5 rings (SSSR count). The third-order valence-corrected chi connectivity index (χ3v) is 8.93. The molecule has 0 aliphatic carbocycles. The van der Waals surface area contributed by atoms with Gasteiger partial charge in [-0.2, -0.15) is 11.8 Å². The summed E-state index contributed by atoms with van der Waals surface area (Å²) in [5.74, 6) is -0.0613. The van der Waals surface area contributed by atoms with Crippen molar-refractivity contribution in [2.45, 2.75) is 50.8 Å². The van der Waals surface area contributed by atoms with Gasteiger partial charge in [0.1, 0.15) is 18.3 Å². The van der Waals surface area contributed by atoms with E-state index < -0.39 is 24.4 Å². The van der Waals surface area contributed by atoms with Gasteiger partial charge in [0.2, 0.25) is 11.8 Å². The molecule has 2 amide bonds. The number of benzene rings is 2. The summed E-state index contributed by atoms with van der Waals surface area (Å²) in [5, 5.41) is 24.4. The van der Waals surface area contributed by atoms with Crippen molar-refractivity contribution in [2.24, 2.45) is 0 Å². The van der Waals surface area contributed by atoms with Crippen molar-refractivity contribution in [3.8, 4) is 10.4 Å². The van der Waals surface area contributed by atoms with E-state index in [9.17, 15) is 19.8 Å². The van der Waals surface area contributed by atoms with Crippen molar-refractivity contribution >= 4 is 34.9 Å². The molecule has 38 heavy (non-hydrogen) atoms. The highest BCUT2D eigenvalue weighted by Gasteiger charge is 2.44. The number of aliphatic hydroxyl groups excluding tert-OH is 2. The number of fused-ring (bicyclic) bond motifs is 1. The number of carbonyl (C=O) groups is 2. The number of likely N-dealkylation sites (tertiary alicyclic amines) is 1. The number of hydrogen-bond acceptors (Lipinski definition) is 8. The molecule has 3 N–H and O–H groups in total. The third-order valence-electron chi connectivity index (χ3n) is 7.30. The third kappa shape index (κ3) is 5.37. The highest BCUT2D eigenvalue weighted by molar-refractivity contribution is 7.98. The molecule has 1 fully saturated rings. The Kier molecular flexibility index (Phi) is 8.15. The number of nitrogens with zero attached hydrogens (tertiary/aromatic N) is 3. The summed E-state index contributed by atoms with van der Waals surface area (Å²) < 4.78 is 0. The van der Waals surface area contributed by atoms with Crippen LogP contribution in [0.25, 0.3) is 10.4 Å². The average molecular weight is 553 g/mol. The van der Waals surface area contributed by atoms with Gasteiger partial charge >= 0.3 is 0 Å². The number of thiazole rings is 1. The fourth-order valence-corrected chi connectivity index (χ4v) is 6.76. The number of aliphatic hydroxyl groups is 2. The second-order valence-electron chi connectivity index (χ2n) is 9.79. The van der Waals surface area contributed by atoms with Gasteiger partial charge in [0.15, 0.2) is 0 Å². The summed E-state index contributed by atoms with van der Waals surface area (Å²) in [6.45, 7) is 2.86. The van der Waals surface area contributed by atoms with E-state index in [2.05, 4.69) is 10.3 Å². The first-order valence-corrected chi connectivity index (χ1v) is 14.9. The van der Waals surface area contributed by atoms with Crippen molar-refractivity contribution < 1.29 is 19.8 Å². The van der Waals surface area contributed by atoms with Gasteiger partial charge in [-0.05, 0) is 35.4 Å². The molecule has 1 saturated heterocycles. The molecule has 2 aromatic carbocycles. The van der Waals surface area contributed by atoms with Crippen molar-refractivity contribution in [1.82, 2.24) is 20.1 Å². The zero-order chi connectivity index (χ0) is 26.8. The van der Waals surface area contributed by atoms with Crippen LogP contribution in [0.1, 0.15) is 35.0 Å². The number of β-amino-alcohol motifs (C(OH)–C–C–N with tert-alkyl or cyclic N) is 1. The largest absolute Gasteiger partial charge is 0.391 e. The smallest absolute Gasteiger partial charge is 0.243 e. The fraction of sp³-hybridized carbons (Fsp3) is 0.393. The predicted octanol–water partition coefficient (Wildman–Crippen LogP) is 2.93. The minimum Gasteiger partial charge on any atom is -0.391 e. The number of carbonyl (C=O) groups excluding carboxylic acids is 2.